The first-order valence-electron chi connectivity index (χ1n) is 6.37. The smallest absolute Gasteiger partial charge is 0.150 e. The van der Waals surface area contributed by atoms with Crippen molar-refractivity contribution in [2.75, 3.05) is 0 Å². The van der Waals surface area contributed by atoms with Crippen molar-refractivity contribution in [3.63, 3.8) is 0 Å². The first kappa shape index (κ1) is 11.5. The quantitative estimate of drug-likeness (QED) is 0.534. The normalized spacial score (nSPS) is 11.5. The van der Waals surface area contributed by atoms with Crippen LogP contribution in [0.1, 0.15) is 11.1 Å². The summed E-state index contributed by atoms with van der Waals surface area (Å²) in [6, 6.07) is 6.34. The molecular formula is C15H12N4S. The molecule has 4 rings (SSSR count). The van der Waals surface area contributed by atoms with Gasteiger partial charge < -0.3 is 0 Å². The number of rotatable bonds is 1. The van der Waals surface area contributed by atoms with Gasteiger partial charge in [0.25, 0.3) is 0 Å². The Morgan fingerprint density at radius 1 is 1.05 bits per heavy atom. The SMILES string of the molecule is Cc1cc2ncn(-c3ncnc4sccc34)c2cc1C. The van der Waals surface area contributed by atoms with E-state index in [1.807, 2.05) is 16.3 Å². The minimum atomic E-state index is 0.891. The van der Waals surface area contributed by atoms with Crippen LogP contribution < -0.4 is 0 Å². The van der Waals surface area contributed by atoms with Crippen molar-refractivity contribution in [2.45, 2.75) is 13.8 Å². The van der Waals surface area contributed by atoms with Crippen LogP contribution in [0.25, 0.3) is 27.1 Å². The van der Waals surface area contributed by atoms with Crippen LogP contribution in [-0.2, 0) is 0 Å². The lowest BCUT2D eigenvalue weighted by atomic mass is 10.1. The van der Waals surface area contributed by atoms with Gasteiger partial charge in [0.1, 0.15) is 17.5 Å². The number of thiophene rings is 1. The molecule has 0 fully saturated rings. The van der Waals surface area contributed by atoms with Crippen molar-refractivity contribution in [3.05, 3.63) is 47.4 Å². The van der Waals surface area contributed by atoms with E-state index in [9.17, 15) is 0 Å². The molecule has 0 bridgehead atoms. The number of aromatic nitrogens is 4. The van der Waals surface area contributed by atoms with Gasteiger partial charge in [-0.05, 0) is 48.6 Å². The molecule has 98 valence electrons. The summed E-state index contributed by atoms with van der Waals surface area (Å²) in [7, 11) is 0. The van der Waals surface area contributed by atoms with E-state index in [2.05, 4.69) is 47.0 Å². The first-order chi connectivity index (χ1) is 9.74. The minimum Gasteiger partial charge on any atom is -0.282 e. The number of aryl methyl sites for hydroxylation is 2. The monoisotopic (exact) mass is 280 g/mol. The molecule has 0 saturated carbocycles. The number of hydrogen-bond acceptors (Lipinski definition) is 4. The lowest BCUT2D eigenvalue weighted by Gasteiger charge is -2.06. The van der Waals surface area contributed by atoms with E-state index in [0.29, 0.717) is 0 Å². The third-order valence-corrected chi connectivity index (χ3v) is 4.45. The largest absolute Gasteiger partial charge is 0.282 e. The molecule has 0 atom stereocenters. The third-order valence-electron chi connectivity index (χ3n) is 3.63. The summed E-state index contributed by atoms with van der Waals surface area (Å²) in [6.45, 7) is 4.22. The van der Waals surface area contributed by atoms with Crippen molar-refractivity contribution < 1.29 is 0 Å². The van der Waals surface area contributed by atoms with Crippen LogP contribution in [0.2, 0.25) is 0 Å². The fourth-order valence-electron chi connectivity index (χ4n) is 2.40. The fourth-order valence-corrected chi connectivity index (χ4v) is 3.13. The maximum absolute atomic E-state index is 4.49. The second-order valence-corrected chi connectivity index (χ2v) is 5.77. The Kier molecular flexibility index (Phi) is 2.37. The summed E-state index contributed by atoms with van der Waals surface area (Å²) >= 11 is 1.62. The highest BCUT2D eigenvalue weighted by Gasteiger charge is 2.11. The molecular weight excluding hydrogens is 268 g/mol. The Labute approximate surface area is 119 Å². The Balaban J connectivity index is 2.07. The van der Waals surface area contributed by atoms with E-state index in [0.717, 1.165) is 27.1 Å². The molecule has 0 aliphatic carbocycles. The van der Waals surface area contributed by atoms with Crippen LogP contribution in [0, 0.1) is 13.8 Å². The Morgan fingerprint density at radius 3 is 2.80 bits per heavy atom. The summed E-state index contributed by atoms with van der Waals surface area (Å²) < 4.78 is 2.04. The number of nitrogens with zero attached hydrogens (tertiary/aromatic N) is 4. The molecule has 0 radical (unpaired) electrons. The van der Waals surface area contributed by atoms with Crippen molar-refractivity contribution >= 4 is 32.6 Å². The van der Waals surface area contributed by atoms with Gasteiger partial charge in [0.15, 0.2) is 5.82 Å². The number of fused-ring (bicyclic) bond motifs is 2. The molecule has 0 amide bonds. The van der Waals surface area contributed by atoms with Gasteiger partial charge in [-0.25, -0.2) is 15.0 Å². The summed E-state index contributed by atoms with van der Waals surface area (Å²) in [5, 5.41) is 3.10. The Hall–Kier alpha value is -2.27. The van der Waals surface area contributed by atoms with Gasteiger partial charge in [-0.2, -0.15) is 0 Å². The fraction of sp³-hybridized carbons (Fsp3) is 0.133. The molecule has 4 aromatic rings. The molecule has 3 heterocycles. The van der Waals surface area contributed by atoms with Gasteiger partial charge in [0.2, 0.25) is 0 Å². The molecule has 1 aromatic carbocycles. The molecule has 20 heavy (non-hydrogen) atoms. The summed E-state index contributed by atoms with van der Waals surface area (Å²) in [5.74, 6) is 0.891. The summed E-state index contributed by atoms with van der Waals surface area (Å²) in [5.41, 5.74) is 4.59. The van der Waals surface area contributed by atoms with E-state index < -0.39 is 0 Å². The number of benzene rings is 1. The standard InChI is InChI=1S/C15H12N4S/c1-9-5-12-13(6-10(9)2)19(8-18-12)14-11-3-4-20-15(11)17-7-16-14/h3-8H,1-2H3. The van der Waals surface area contributed by atoms with Gasteiger partial charge in [0.05, 0.1) is 16.4 Å². The van der Waals surface area contributed by atoms with Crippen LogP contribution in [0.5, 0.6) is 0 Å². The van der Waals surface area contributed by atoms with Crippen LogP contribution in [0.3, 0.4) is 0 Å². The van der Waals surface area contributed by atoms with Crippen LogP contribution >= 0.6 is 11.3 Å². The molecule has 0 N–H and O–H groups in total. The van der Waals surface area contributed by atoms with E-state index in [1.165, 1.54) is 11.1 Å². The van der Waals surface area contributed by atoms with Gasteiger partial charge in [-0.15, -0.1) is 11.3 Å². The van der Waals surface area contributed by atoms with Crippen LogP contribution in [-0.4, -0.2) is 19.5 Å². The predicted octanol–water partition coefficient (Wildman–Crippen LogP) is 3.65. The molecule has 3 aromatic heterocycles. The van der Waals surface area contributed by atoms with E-state index in [1.54, 1.807) is 17.7 Å². The topological polar surface area (TPSA) is 43.6 Å². The summed E-state index contributed by atoms with van der Waals surface area (Å²) in [6.07, 6.45) is 3.45. The third kappa shape index (κ3) is 1.56. The Bertz CT molecular complexity index is 936. The second-order valence-electron chi connectivity index (χ2n) is 4.88. The Morgan fingerprint density at radius 2 is 1.90 bits per heavy atom. The van der Waals surface area contributed by atoms with Gasteiger partial charge in [-0.1, -0.05) is 0 Å². The van der Waals surface area contributed by atoms with E-state index in [4.69, 9.17) is 0 Å². The van der Waals surface area contributed by atoms with Crippen molar-refractivity contribution in [3.8, 4) is 5.82 Å². The maximum Gasteiger partial charge on any atom is 0.150 e. The molecule has 0 aliphatic heterocycles. The maximum atomic E-state index is 4.49. The van der Waals surface area contributed by atoms with E-state index in [-0.39, 0.29) is 0 Å². The minimum absolute atomic E-state index is 0.891. The van der Waals surface area contributed by atoms with Gasteiger partial charge in [0, 0.05) is 0 Å². The molecule has 5 heteroatoms. The first-order valence-corrected chi connectivity index (χ1v) is 7.25. The highest BCUT2D eigenvalue weighted by Crippen LogP contribution is 2.26. The molecule has 0 aliphatic rings. The van der Waals surface area contributed by atoms with Crippen molar-refractivity contribution in [1.82, 2.24) is 19.5 Å². The van der Waals surface area contributed by atoms with Gasteiger partial charge >= 0.3 is 0 Å². The average Bonchev–Trinajstić information content (AvgIpc) is 3.05. The predicted molar refractivity (Wildman–Crippen MR) is 81.5 cm³/mol. The zero-order valence-corrected chi connectivity index (χ0v) is 12.0. The van der Waals surface area contributed by atoms with Crippen molar-refractivity contribution in [2.24, 2.45) is 0 Å². The van der Waals surface area contributed by atoms with Crippen molar-refractivity contribution in [1.29, 1.82) is 0 Å². The number of hydrogen-bond donors (Lipinski definition) is 0. The van der Waals surface area contributed by atoms with Crippen LogP contribution in [0.15, 0.2) is 36.2 Å². The molecule has 0 saturated heterocycles. The highest BCUT2D eigenvalue weighted by atomic mass is 32.1. The average molecular weight is 280 g/mol. The number of imidazole rings is 1. The molecule has 0 unspecified atom stereocenters. The molecule has 0 spiro atoms. The molecule has 4 nitrogen and oxygen atoms in total. The lowest BCUT2D eigenvalue weighted by Crippen LogP contribution is -1.97. The zero-order chi connectivity index (χ0) is 13.7. The van der Waals surface area contributed by atoms with E-state index >= 15 is 0 Å². The zero-order valence-electron chi connectivity index (χ0n) is 11.2. The highest BCUT2D eigenvalue weighted by molar-refractivity contribution is 7.16. The second kappa shape index (κ2) is 4.11. The van der Waals surface area contributed by atoms with Gasteiger partial charge in [-0.3, -0.25) is 4.57 Å². The van der Waals surface area contributed by atoms with Crippen LogP contribution in [0.4, 0.5) is 0 Å². The lowest BCUT2D eigenvalue weighted by molar-refractivity contribution is 1.02. The summed E-state index contributed by atoms with van der Waals surface area (Å²) in [4.78, 5) is 14.2.